The fourth-order valence-corrected chi connectivity index (χ4v) is 2.06. The van der Waals surface area contributed by atoms with Gasteiger partial charge in [0.05, 0.1) is 4.90 Å². The highest BCUT2D eigenvalue weighted by Gasteiger charge is 2.15. The molecule has 11 heteroatoms. The minimum absolute atomic E-state index is 0.320. The number of amides is 1. The molecule has 5 N–H and O–H groups in total. The van der Waals surface area contributed by atoms with Crippen LogP contribution in [0.3, 0.4) is 0 Å². The Bertz CT molecular complexity index is 813. The highest BCUT2D eigenvalue weighted by molar-refractivity contribution is 7.89. The molecule has 2 aromatic rings. The first-order valence-corrected chi connectivity index (χ1v) is 7.16. The van der Waals surface area contributed by atoms with Crippen molar-refractivity contribution in [2.45, 2.75) is 4.90 Å². The van der Waals surface area contributed by atoms with E-state index in [2.05, 4.69) is 5.32 Å². The number of rotatable bonds is 4. The molecule has 0 fully saturated rings. The Morgan fingerprint density at radius 2 is 1.95 bits per heavy atom. The van der Waals surface area contributed by atoms with Crippen LogP contribution < -0.4 is 20.8 Å². The summed E-state index contributed by atoms with van der Waals surface area (Å²) < 4.78 is 27.2. The molecular weight excluding hydrogens is 318 g/mol. The van der Waals surface area contributed by atoms with Gasteiger partial charge in [0.2, 0.25) is 15.9 Å². The number of anilines is 2. The summed E-state index contributed by atoms with van der Waals surface area (Å²) in [5.41, 5.74) is -0.320. The van der Waals surface area contributed by atoms with Crippen LogP contribution in [0.1, 0.15) is 10.6 Å². The molecule has 0 radical (unpaired) electrons. The van der Waals surface area contributed by atoms with Crippen LogP contribution in [0.4, 0.5) is 11.6 Å². The minimum atomic E-state index is -4.04. The van der Waals surface area contributed by atoms with Crippen molar-refractivity contribution in [2.24, 2.45) is 5.14 Å². The van der Waals surface area contributed by atoms with Crippen LogP contribution >= 0.6 is 0 Å². The molecule has 0 atom stereocenters. The van der Waals surface area contributed by atoms with Gasteiger partial charge in [0, 0.05) is 11.8 Å². The molecule has 1 aromatic heterocycles. The molecule has 0 unspecified atom stereocenters. The first-order valence-electron chi connectivity index (χ1n) is 5.61. The molecule has 0 spiro atoms. The lowest BCUT2D eigenvalue weighted by Gasteiger charge is -2.14. The third-order valence-corrected chi connectivity index (χ3v) is 3.45. The molecule has 0 aliphatic heterocycles. The zero-order chi connectivity index (χ0) is 16.5. The molecule has 0 saturated carbocycles. The maximum absolute atomic E-state index is 11.9. The van der Waals surface area contributed by atoms with Gasteiger partial charge in [0.1, 0.15) is 0 Å². The van der Waals surface area contributed by atoms with Gasteiger partial charge >= 0.3 is 0 Å². The van der Waals surface area contributed by atoms with Gasteiger partial charge in [-0.15, -0.1) is 0 Å². The van der Waals surface area contributed by atoms with Gasteiger partial charge in [-0.2, -0.15) is 0 Å². The van der Waals surface area contributed by atoms with Crippen LogP contribution in [0.5, 0.6) is 5.75 Å². The molecule has 10 nitrogen and oxygen atoms in total. The average molecular weight is 328 g/mol. The molecule has 2 rings (SSSR count). The van der Waals surface area contributed by atoms with Crippen LogP contribution in [0.25, 0.3) is 0 Å². The number of nitrogens with zero attached hydrogens (tertiary/aromatic N) is 1. The Hall–Kier alpha value is -2.60. The summed E-state index contributed by atoms with van der Waals surface area (Å²) in [5, 5.41) is 35.8. The predicted molar refractivity (Wildman–Crippen MR) is 70.0 cm³/mol. The highest BCUT2D eigenvalue weighted by atomic mass is 32.2. The maximum atomic E-state index is 11.9. The second-order valence-electron chi connectivity index (χ2n) is 4.08. The highest BCUT2D eigenvalue weighted by Crippen LogP contribution is 2.25. The molecule has 0 aliphatic carbocycles. The Morgan fingerprint density at radius 1 is 1.27 bits per heavy atom. The SMILES string of the molecule is NS(=O)(=O)c1ccc([O-])c(NC(=O)c2ccc(N(O)O)o2)c1. The quantitative estimate of drug-likeness (QED) is 0.561. The number of sulfonamides is 1. The Morgan fingerprint density at radius 3 is 2.50 bits per heavy atom. The van der Waals surface area contributed by atoms with Crippen molar-refractivity contribution >= 4 is 27.5 Å². The first-order chi connectivity index (χ1) is 10.2. The second-order valence-corrected chi connectivity index (χ2v) is 5.65. The van der Waals surface area contributed by atoms with E-state index in [1.165, 1.54) is 0 Å². The zero-order valence-electron chi connectivity index (χ0n) is 10.8. The van der Waals surface area contributed by atoms with Gasteiger partial charge in [-0.25, -0.2) is 13.6 Å². The van der Waals surface area contributed by atoms with Crippen molar-refractivity contribution in [3.63, 3.8) is 0 Å². The molecule has 22 heavy (non-hydrogen) atoms. The number of hydrogen-bond donors (Lipinski definition) is 4. The van der Waals surface area contributed by atoms with E-state index in [4.69, 9.17) is 20.0 Å². The summed E-state index contributed by atoms with van der Waals surface area (Å²) in [4.78, 5) is 11.5. The molecule has 118 valence electrons. The third-order valence-electron chi connectivity index (χ3n) is 2.54. The van der Waals surface area contributed by atoms with Crippen molar-refractivity contribution in [2.75, 3.05) is 10.5 Å². The summed E-state index contributed by atoms with van der Waals surface area (Å²) in [6, 6.07) is 5.07. The van der Waals surface area contributed by atoms with Crippen LogP contribution in [0.15, 0.2) is 39.6 Å². The van der Waals surface area contributed by atoms with E-state index >= 15 is 0 Å². The van der Waals surface area contributed by atoms with E-state index in [0.29, 0.717) is 0 Å². The smallest absolute Gasteiger partial charge is 0.291 e. The fraction of sp³-hybridized carbons (Fsp3) is 0. The summed E-state index contributed by atoms with van der Waals surface area (Å²) in [6.45, 7) is 0. The van der Waals surface area contributed by atoms with Crippen LogP contribution in [-0.4, -0.2) is 24.7 Å². The molecule has 0 bridgehead atoms. The van der Waals surface area contributed by atoms with Gasteiger partial charge in [0.25, 0.3) is 5.91 Å². The Labute approximate surface area is 124 Å². The standard InChI is InChI=1S/C11H11N3O7S/c12-22(19,20)6-1-2-8(15)7(5-6)13-11(16)9-3-4-10(21-9)14(17)18/h1-5,15,17-18H,(H,13,16)(H2,12,19,20)/p-1. The predicted octanol–water partition coefficient (Wildman–Crippen LogP) is -0.162. The largest absolute Gasteiger partial charge is 0.871 e. The number of nitrogens with one attached hydrogen (secondary N) is 1. The summed E-state index contributed by atoms with van der Waals surface area (Å²) in [7, 11) is -4.04. The van der Waals surface area contributed by atoms with E-state index < -0.39 is 27.6 Å². The van der Waals surface area contributed by atoms with Gasteiger partial charge < -0.3 is 14.8 Å². The molecule has 0 aliphatic rings. The van der Waals surface area contributed by atoms with Crippen molar-refractivity contribution in [3.8, 4) is 5.75 Å². The number of nitrogens with two attached hydrogens (primary N) is 1. The number of furan rings is 1. The molecule has 0 saturated heterocycles. The lowest BCUT2D eigenvalue weighted by atomic mass is 10.3. The van der Waals surface area contributed by atoms with Crippen molar-refractivity contribution in [3.05, 3.63) is 36.1 Å². The Balaban J connectivity index is 2.27. The third kappa shape index (κ3) is 3.35. The number of primary sulfonamides is 1. The zero-order valence-corrected chi connectivity index (χ0v) is 11.6. The van der Waals surface area contributed by atoms with E-state index in [9.17, 15) is 18.3 Å². The molecule has 1 heterocycles. The number of hydrogen-bond acceptors (Lipinski definition) is 8. The number of carbonyl (C=O) groups is 1. The number of carbonyl (C=O) groups excluding carboxylic acids is 1. The monoisotopic (exact) mass is 328 g/mol. The molecule has 1 aromatic carbocycles. The van der Waals surface area contributed by atoms with E-state index in [1.807, 2.05) is 0 Å². The van der Waals surface area contributed by atoms with Crippen LogP contribution in [0, 0.1) is 0 Å². The first kappa shape index (κ1) is 15.8. The fourth-order valence-electron chi connectivity index (χ4n) is 1.52. The maximum Gasteiger partial charge on any atom is 0.291 e. The molecule has 1 amide bonds. The van der Waals surface area contributed by atoms with Crippen LogP contribution in [-0.2, 0) is 10.0 Å². The van der Waals surface area contributed by atoms with Gasteiger partial charge in [-0.3, -0.25) is 15.2 Å². The normalized spacial score (nSPS) is 11.2. The lowest BCUT2D eigenvalue weighted by Crippen LogP contribution is -2.16. The lowest BCUT2D eigenvalue weighted by molar-refractivity contribution is -0.267. The Kier molecular flexibility index (Phi) is 4.05. The van der Waals surface area contributed by atoms with Gasteiger partial charge in [-0.1, -0.05) is 17.0 Å². The van der Waals surface area contributed by atoms with Crippen molar-refractivity contribution < 1.29 is 33.2 Å². The minimum Gasteiger partial charge on any atom is -0.871 e. The van der Waals surface area contributed by atoms with E-state index in [1.54, 1.807) is 0 Å². The van der Waals surface area contributed by atoms with Crippen molar-refractivity contribution in [1.82, 2.24) is 0 Å². The van der Waals surface area contributed by atoms with Crippen LogP contribution in [0.2, 0.25) is 0 Å². The van der Waals surface area contributed by atoms with Crippen molar-refractivity contribution in [1.29, 1.82) is 0 Å². The summed E-state index contributed by atoms with van der Waals surface area (Å²) in [5.74, 6) is -2.29. The van der Waals surface area contributed by atoms with E-state index in [0.717, 1.165) is 30.3 Å². The second kappa shape index (κ2) is 5.65. The van der Waals surface area contributed by atoms with Gasteiger partial charge in [0.15, 0.2) is 5.76 Å². The summed E-state index contributed by atoms with van der Waals surface area (Å²) >= 11 is 0. The average Bonchev–Trinajstić information content (AvgIpc) is 2.89. The topological polar surface area (TPSA) is 169 Å². The summed E-state index contributed by atoms with van der Waals surface area (Å²) in [6.07, 6.45) is 0. The number of benzene rings is 1. The van der Waals surface area contributed by atoms with Gasteiger partial charge in [-0.05, 0) is 18.2 Å². The van der Waals surface area contributed by atoms with E-state index in [-0.39, 0.29) is 21.6 Å². The molecular formula is C11H10N3O7S-.